The Kier molecular flexibility index (Phi) is 3.69. The average Bonchev–Trinajstić information content (AvgIpc) is 2.38. The molecule has 0 aliphatic rings. The van der Waals surface area contributed by atoms with Crippen molar-refractivity contribution in [2.45, 2.75) is 13.8 Å². The molecule has 0 saturated carbocycles. The van der Waals surface area contributed by atoms with Crippen molar-refractivity contribution in [1.29, 1.82) is 0 Å². The molecule has 0 fully saturated rings. The lowest BCUT2D eigenvalue weighted by Crippen LogP contribution is -1.94. The van der Waals surface area contributed by atoms with E-state index in [4.69, 9.17) is 0 Å². The zero-order chi connectivity index (χ0) is 14.0. The number of benzene rings is 1. The summed E-state index contributed by atoms with van der Waals surface area (Å²) < 4.78 is 39.3. The molecule has 0 unspecified atom stereocenters. The summed E-state index contributed by atoms with van der Waals surface area (Å²) in [6.07, 6.45) is 5.20. The van der Waals surface area contributed by atoms with E-state index in [1.54, 1.807) is 6.07 Å². The molecule has 1 aromatic heterocycles. The van der Waals surface area contributed by atoms with Gasteiger partial charge >= 0.3 is 0 Å². The molecular weight excluding hydrogens is 251 g/mol. The van der Waals surface area contributed by atoms with Crippen LogP contribution in [0.15, 0.2) is 30.5 Å². The zero-order valence-corrected chi connectivity index (χ0v) is 10.5. The SMILES string of the molecule is C/C=C\c1ncc(-c2cc(F)c(F)c(F)c2)cc1C. The van der Waals surface area contributed by atoms with Gasteiger partial charge in [0.05, 0.1) is 5.69 Å². The largest absolute Gasteiger partial charge is 0.256 e. The summed E-state index contributed by atoms with van der Waals surface area (Å²) >= 11 is 0. The Labute approximate surface area is 109 Å². The van der Waals surface area contributed by atoms with Crippen LogP contribution in [-0.2, 0) is 0 Å². The van der Waals surface area contributed by atoms with Gasteiger partial charge in [0, 0.05) is 11.8 Å². The molecule has 2 aromatic rings. The van der Waals surface area contributed by atoms with Crippen molar-refractivity contribution >= 4 is 6.08 Å². The second kappa shape index (κ2) is 5.26. The fourth-order valence-corrected chi connectivity index (χ4v) is 1.80. The molecule has 0 N–H and O–H groups in total. The minimum Gasteiger partial charge on any atom is -0.256 e. The maximum absolute atomic E-state index is 13.2. The molecule has 98 valence electrons. The van der Waals surface area contributed by atoms with Crippen LogP contribution in [-0.4, -0.2) is 4.98 Å². The van der Waals surface area contributed by atoms with Crippen LogP contribution in [0.1, 0.15) is 18.2 Å². The van der Waals surface area contributed by atoms with E-state index in [0.29, 0.717) is 5.56 Å². The monoisotopic (exact) mass is 263 g/mol. The summed E-state index contributed by atoms with van der Waals surface area (Å²) in [5, 5.41) is 0. The van der Waals surface area contributed by atoms with Crippen molar-refractivity contribution in [3.05, 3.63) is 59.2 Å². The Bertz CT molecular complexity index is 625. The van der Waals surface area contributed by atoms with Gasteiger partial charge in [-0.2, -0.15) is 0 Å². The van der Waals surface area contributed by atoms with E-state index >= 15 is 0 Å². The Morgan fingerprint density at radius 3 is 2.16 bits per heavy atom. The van der Waals surface area contributed by atoms with Crippen LogP contribution in [0.4, 0.5) is 13.2 Å². The standard InChI is InChI=1S/C15H12F3N/c1-3-4-14-9(2)5-11(8-19-14)10-6-12(16)15(18)13(17)7-10/h3-8H,1-2H3/b4-3-. The quantitative estimate of drug-likeness (QED) is 0.726. The number of allylic oxidation sites excluding steroid dienone is 1. The van der Waals surface area contributed by atoms with Crippen molar-refractivity contribution in [2.75, 3.05) is 0 Å². The van der Waals surface area contributed by atoms with Gasteiger partial charge < -0.3 is 0 Å². The van der Waals surface area contributed by atoms with Crippen LogP contribution < -0.4 is 0 Å². The molecule has 0 amide bonds. The maximum atomic E-state index is 13.2. The molecule has 4 heteroatoms. The minimum absolute atomic E-state index is 0.263. The third-order valence-electron chi connectivity index (χ3n) is 2.76. The van der Waals surface area contributed by atoms with Gasteiger partial charge in [-0.05, 0) is 49.2 Å². The summed E-state index contributed by atoms with van der Waals surface area (Å²) in [4.78, 5) is 4.20. The van der Waals surface area contributed by atoms with Gasteiger partial charge in [0.2, 0.25) is 0 Å². The first kappa shape index (κ1) is 13.3. The first-order valence-corrected chi connectivity index (χ1v) is 5.77. The van der Waals surface area contributed by atoms with Gasteiger partial charge in [-0.3, -0.25) is 4.98 Å². The predicted molar refractivity (Wildman–Crippen MR) is 69.0 cm³/mol. The smallest absolute Gasteiger partial charge is 0.194 e. The number of rotatable bonds is 2. The molecule has 1 aromatic carbocycles. The number of hydrogen-bond donors (Lipinski definition) is 0. The Hall–Kier alpha value is -2.10. The van der Waals surface area contributed by atoms with Crippen molar-refractivity contribution in [3.63, 3.8) is 0 Å². The number of aryl methyl sites for hydroxylation is 1. The molecule has 0 aliphatic heterocycles. The zero-order valence-electron chi connectivity index (χ0n) is 10.5. The molecular formula is C15H12F3N. The van der Waals surface area contributed by atoms with E-state index in [9.17, 15) is 13.2 Å². The topological polar surface area (TPSA) is 12.9 Å². The van der Waals surface area contributed by atoms with Gasteiger partial charge in [0.15, 0.2) is 17.5 Å². The molecule has 2 rings (SSSR count). The first-order chi connectivity index (χ1) is 9.02. The van der Waals surface area contributed by atoms with E-state index in [1.807, 2.05) is 26.0 Å². The number of aromatic nitrogens is 1. The molecule has 1 nitrogen and oxygen atoms in total. The molecule has 19 heavy (non-hydrogen) atoms. The summed E-state index contributed by atoms with van der Waals surface area (Å²) in [5.41, 5.74) is 2.47. The summed E-state index contributed by atoms with van der Waals surface area (Å²) in [6.45, 7) is 3.72. The highest BCUT2D eigenvalue weighted by atomic mass is 19.2. The highest BCUT2D eigenvalue weighted by Gasteiger charge is 2.12. The Morgan fingerprint density at radius 1 is 1.00 bits per heavy atom. The normalized spacial score (nSPS) is 11.2. The number of hydrogen-bond acceptors (Lipinski definition) is 1. The van der Waals surface area contributed by atoms with Gasteiger partial charge in [-0.25, -0.2) is 13.2 Å². The summed E-state index contributed by atoms with van der Waals surface area (Å²) in [7, 11) is 0. The fourth-order valence-electron chi connectivity index (χ4n) is 1.80. The number of halogens is 3. The molecule has 0 saturated heterocycles. The lowest BCUT2D eigenvalue weighted by molar-refractivity contribution is 0.447. The predicted octanol–water partition coefficient (Wildman–Crippen LogP) is 4.51. The molecule has 0 radical (unpaired) electrons. The first-order valence-electron chi connectivity index (χ1n) is 5.77. The van der Waals surface area contributed by atoms with Gasteiger partial charge in [-0.1, -0.05) is 6.08 Å². The van der Waals surface area contributed by atoms with Gasteiger partial charge in [0.25, 0.3) is 0 Å². The van der Waals surface area contributed by atoms with E-state index in [2.05, 4.69) is 4.98 Å². The van der Waals surface area contributed by atoms with E-state index in [1.165, 1.54) is 6.20 Å². The van der Waals surface area contributed by atoms with Crippen LogP contribution >= 0.6 is 0 Å². The number of nitrogens with zero attached hydrogens (tertiary/aromatic N) is 1. The lowest BCUT2D eigenvalue weighted by atomic mass is 10.0. The van der Waals surface area contributed by atoms with Crippen molar-refractivity contribution in [2.24, 2.45) is 0 Å². The highest BCUT2D eigenvalue weighted by molar-refractivity contribution is 5.65. The van der Waals surface area contributed by atoms with Gasteiger partial charge in [0.1, 0.15) is 0 Å². The Balaban J connectivity index is 2.51. The van der Waals surface area contributed by atoms with E-state index in [0.717, 1.165) is 23.4 Å². The van der Waals surface area contributed by atoms with Crippen LogP contribution in [0.3, 0.4) is 0 Å². The van der Waals surface area contributed by atoms with Gasteiger partial charge in [-0.15, -0.1) is 0 Å². The minimum atomic E-state index is -1.46. The summed E-state index contributed by atoms with van der Waals surface area (Å²) in [5.74, 6) is -3.87. The summed E-state index contributed by atoms with van der Waals surface area (Å²) in [6, 6.07) is 3.68. The van der Waals surface area contributed by atoms with E-state index in [-0.39, 0.29) is 5.56 Å². The van der Waals surface area contributed by atoms with Crippen LogP contribution in [0.5, 0.6) is 0 Å². The average molecular weight is 263 g/mol. The second-order valence-electron chi connectivity index (χ2n) is 4.18. The molecule has 0 spiro atoms. The van der Waals surface area contributed by atoms with Crippen LogP contribution in [0.2, 0.25) is 0 Å². The lowest BCUT2D eigenvalue weighted by Gasteiger charge is -2.06. The molecule has 0 atom stereocenters. The number of pyridine rings is 1. The van der Waals surface area contributed by atoms with Crippen molar-refractivity contribution in [1.82, 2.24) is 4.98 Å². The van der Waals surface area contributed by atoms with Crippen molar-refractivity contribution < 1.29 is 13.2 Å². The third-order valence-corrected chi connectivity index (χ3v) is 2.76. The Morgan fingerprint density at radius 2 is 1.63 bits per heavy atom. The maximum Gasteiger partial charge on any atom is 0.194 e. The molecule has 0 aliphatic carbocycles. The third kappa shape index (κ3) is 2.67. The fraction of sp³-hybridized carbons (Fsp3) is 0.133. The van der Waals surface area contributed by atoms with Crippen LogP contribution in [0, 0.1) is 24.4 Å². The van der Waals surface area contributed by atoms with E-state index < -0.39 is 17.5 Å². The second-order valence-corrected chi connectivity index (χ2v) is 4.18. The molecule has 0 bridgehead atoms. The van der Waals surface area contributed by atoms with Crippen molar-refractivity contribution in [3.8, 4) is 11.1 Å². The highest BCUT2D eigenvalue weighted by Crippen LogP contribution is 2.24. The molecule has 1 heterocycles. The van der Waals surface area contributed by atoms with Crippen LogP contribution in [0.25, 0.3) is 17.2 Å².